The van der Waals surface area contributed by atoms with Crippen molar-refractivity contribution >= 4 is 36.1 Å². The minimum atomic E-state index is -4.66. The Bertz CT molecular complexity index is 2190. The van der Waals surface area contributed by atoms with Gasteiger partial charge in [0.15, 0.2) is 13.9 Å². The van der Waals surface area contributed by atoms with Gasteiger partial charge in [-0.05, 0) is 81.6 Å². The molecule has 0 saturated heterocycles. The van der Waals surface area contributed by atoms with E-state index < -0.39 is 77.6 Å². The number of hydrogen-bond donors (Lipinski definition) is 0. The van der Waals surface area contributed by atoms with Gasteiger partial charge in [0.2, 0.25) is 0 Å². The summed E-state index contributed by atoms with van der Waals surface area (Å²) in [6, 6.07) is 9.16. The van der Waals surface area contributed by atoms with Gasteiger partial charge in [0, 0.05) is 69.3 Å². The molecule has 0 spiro atoms. The number of ether oxygens (including phenoxy) is 1. The summed E-state index contributed by atoms with van der Waals surface area (Å²) >= 11 is 0. The van der Waals surface area contributed by atoms with E-state index in [9.17, 15) is 17.8 Å². The highest BCUT2D eigenvalue weighted by atomic mass is 32.2. The van der Waals surface area contributed by atoms with Crippen molar-refractivity contribution in [3.05, 3.63) is 71.6 Å². The molecule has 0 radical (unpaired) electrons. The van der Waals surface area contributed by atoms with Crippen LogP contribution in [0.1, 0.15) is 100 Å². The summed E-state index contributed by atoms with van der Waals surface area (Å²) < 4.78 is 98.1. The molecule has 1 saturated carbocycles. The third-order valence-electron chi connectivity index (χ3n) is 12.0. The van der Waals surface area contributed by atoms with Crippen LogP contribution in [0.5, 0.6) is 5.75 Å². The summed E-state index contributed by atoms with van der Waals surface area (Å²) in [5, 5.41) is -0.469. The van der Waals surface area contributed by atoms with Crippen molar-refractivity contribution in [3.8, 4) is 16.9 Å². The molecule has 16 heteroatoms. The molecule has 7 rings (SSSR count). The average Bonchev–Trinajstić information content (AvgIpc) is 3.58. The van der Waals surface area contributed by atoms with Gasteiger partial charge in [-0.2, -0.15) is 22.0 Å². The SMILES string of the molecule is CN1C(=O)c2cccc(OC(F)F)c2[C@H]2C[C@@H]1c1nc3ccc(-c4cnc(C5(C[S@](=O)C(C)(C)C)CC(O[Si](C)(C)C(C)(C)C)(C(F)(F)F)C5)nc4)cc3n12. The van der Waals surface area contributed by atoms with E-state index >= 15 is 13.2 Å². The number of carbonyl (C=O) groups is 1. The lowest BCUT2D eigenvalue weighted by molar-refractivity contribution is -0.295. The van der Waals surface area contributed by atoms with Crippen molar-refractivity contribution in [2.24, 2.45) is 0 Å². The fraction of sp³-hybridized carbons (Fsp3) is 0.538. The van der Waals surface area contributed by atoms with Crippen molar-refractivity contribution in [2.45, 2.75) is 120 Å². The minimum absolute atomic E-state index is 0.0549. The molecule has 3 atom stereocenters. The quantitative estimate of drug-likeness (QED) is 0.130. The zero-order valence-electron chi connectivity index (χ0n) is 32.3. The van der Waals surface area contributed by atoms with E-state index in [1.165, 1.54) is 12.1 Å². The molecular formula is C39H46F5N5O4SSi. The predicted octanol–water partition coefficient (Wildman–Crippen LogP) is 9.12. The summed E-state index contributed by atoms with van der Waals surface area (Å²) in [6.07, 6.45) is -2.01. The molecule has 0 N–H and O–H groups in total. The number of aromatic nitrogens is 4. The summed E-state index contributed by atoms with van der Waals surface area (Å²) in [5.41, 5.74) is -0.414. The Hall–Kier alpha value is -3.76. The van der Waals surface area contributed by atoms with Crippen LogP contribution in [-0.4, -0.2) is 78.8 Å². The third kappa shape index (κ3) is 6.49. The van der Waals surface area contributed by atoms with Crippen LogP contribution < -0.4 is 4.74 Å². The fourth-order valence-corrected chi connectivity index (χ4v) is 10.8. The third-order valence-corrected chi connectivity index (χ3v) is 18.7. The van der Waals surface area contributed by atoms with Crippen molar-refractivity contribution in [3.63, 3.8) is 0 Å². The predicted molar refractivity (Wildman–Crippen MR) is 202 cm³/mol. The number of fused-ring (bicyclic) bond motifs is 9. The number of hydrogen-bond acceptors (Lipinski definition) is 7. The van der Waals surface area contributed by atoms with Gasteiger partial charge < -0.3 is 18.6 Å². The first kappa shape index (κ1) is 39.5. The number of rotatable bonds is 8. The Kier molecular flexibility index (Phi) is 9.24. The topological polar surface area (TPSA) is 99.4 Å². The van der Waals surface area contributed by atoms with E-state index in [1.54, 1.807) is 64.3 Å². The maximum atomic E-state index is 15.0. The molecular weight excluding hydrogens is 758 g/mol. The molecule has 2 aliphatic heterocycles. The zero-order chi connectivity index (χ0) is 40.3. The molecule has 4 heterocycles. The monoisotopic (exact) mass is 803 g/mol. The molecule has 1 aliphatic carbocycles. The number of nitrogens with zero attached hydrogens (tertiary/aromatic N) is 5. The average molecular weight is 804 g/mol. The Morgan fingerprint density at radius 3 is 2.22 bits per heavy atom. The van der Waals surface area contributed by atoms with Crippen LogP contribution >= 0.6 is 0 Å². The largest absolute Gasteiger partial charge is 0.434 e. The van der Waals surface area contributed by atoms with E-state index in [2.05, 4.69) is 9.97 Å². The summed E-state index contributed by atoms with van der Waals surface area (Å²) in [6.45, 7) is 11.6. The van der Waals surface area contributed by atoms with Crippen molar-refractivity contribution in [1.29, 1.82) is 0 Å². The smallest absolute Gasteiger partial charge is 0.416 e. The minimum Gasteiger partial charge on any atom is -0.434 e. The van der Waals surface area contributed by atoms with Crippen LogP contribution in [0, 0.1) is 0 Å². The van der Waals surface area contributed by atoms with E-state index in [4.69, 9.17) is 14.1 Å². The van der Waals surface area contributed by atoms with E-state index in [1.807, 2.05) is 43.5 Å². The summed E-state index contributed by atoms with van der Waals surface area (Å²) in [5.74, 6) is 0.355. The van der Waals surface area contributed by atoms with E-state index in [0.29, 0.717) is 40.0 Å². The first-order valence-corrected chi connectivity index (χ1v) is 22.5. The van der Waals surface area contributed by atoms with E-state index in [0.717, 1.165) is 0 Å². The molecule has 2 aromatic carbocycles. The second kappa shape index (κ2) is 12.9. The maximum absolute atomic E-state index is 15.0. The van der Waals surface area contributed by atoms with Gasteiger partial charge in [0.25, 0.3) is 5.91 Å². The fourth-order valence-electron chi connectivity index (χ4n) is 8.02. The maximum Gasteiger partial charge on any atom is 0.416 e. The van der Waals surface area contributed by atoms with Crippen LogP contribution in [0.15, 0.2) is 48.8 Å². The molecule has 296 valence electrons. The normalized spacial score (nSPS) is 24.8. The van der Waals surface area contributed by atoms with Gasteiger partial charge in [-0.25, -0.2) is 15.0 Å². The number of carbonyl (C=O) groups excluding carboxylic acids is 1. The van der Waals surface area contributed by atoms with Gasteiger partial charge in [0.1, 0.15) is 17.4 Å². The highest BCUT2D eigenvalue weighted by Gasteiger charge is 2.72. The zero-order valence-corrected chi connectivity index (χ0v) is 34.2. The standard InChI is InChI=1S/C39H46F5N5O4SSi/c1-35(2,3)54(51)21-37(19-38(20-37,39(42,43)44)53-55(8,9)36(4,5)6)33-45-17-23(18-46-33)22-13-14-25-26(15-22)49-27-16-28(31(49)47-25)48(7)32(50)24-11-10-12-29(30(24)27)52-34(40)41/h10-15,17-18,27-28,34H,16,19-21H2,1-9H3/t27-,28-,37?,38?,54+/m1/s1. The molecule has 9 nitrogen and oxygen atoms in total. The molecule has 1 amide bonds. The highest BCUT2D eigenvalue weighted by Crippen LogP contribution is 2.61. The van der Waals surface area contributed by atoms with Crippen molar-refractivity contribution in [2.75, 3.05) is 12.8 Å². The Labute approximate surface area is 320 Å². The lowest BCUT2D eigenvalue weighted by Gasteiger charge is -2.58. The lowest BCUT2D eigenvalue weighted by atomic mass is 9.59. The second-order valence-corrected chi connectivity index (χ2v) is 24.6. The highest BCUT2D eigenvalue weighted by molar-refractivity contribution is 7.86. The number of benzene rings is 2. The first-order chi connectivity index (χ1) is 25.4. The summed E-state index contributed by atoms with van der Waals surface area (Å²) in [7, 11) is -2.73. The van der Waals surface area contributed by atoms with Gasteiger partial charge in [-0.3, -0.25) is 9.00 Å². The van der Waals surface area contributed by atoms with Crippen LogP contribution in [-0.2, 0) is 20.6 Å². The van der Waals surface area contributed by atoms with Crippen LogP contribution in [0.25, 0.3) is 22.2 Å². The number of amides is 1. The van der Waals surface area contributed by atoms with E-state index in [-0.39, 0.29) is 28.8 Å². The van der Waals surface area contributed by atoms with Gasteiger partial charge in [0.05, 0.1) is 23.1 Å². The molecule has 1 fully saturated rings. The molecule has 2 aromatic heterocycles. The number of alkyl halides is 5. The van der Waals surface area contributed by atoms with Gasteiger partial charge in [-0.1, -0.05) is 32.9 Å². The first-order valence-electron chi connectivity index (χ1n) is 18.2. The molecule has 3 aliphatic rings. The van der Waals surface area contributed by atoms with Gasteiger partial charge in [-0.15, -0.1) is 0 Å². The lowest BCUT2D eigenvalue weighted by Crippen LogP contribution is -2.69. The van der Waals surface area contributed by atoms with Crippen molar-refractivity contribution in [1.82, 2.24) is 24.4 Å². The Morgan fingerprint density at radius 2 is 1.64 bits per heavy atom. The second-order valence-electron chi connectivity index (χ2n) is 17.7. The number of halogens is 5. The molecule has 4 aromatic rings. The Balaban J connectivity index is 1.27. The summed E-state index contributed by atoms with van der Waals surface area (Å²) in [4.78, 5) is 29.3. The van der Waals surface area contributed by atoms with Crippen LogP contribution in [0.3, 0.4) is 0 Å². The van der Waals surface area contributed by atoms with Crippen LogP contribution in [0.2, 0.25) is 18.1 Å². The number of imidazole rings is 1. The molecule has 55 heavy (non-hydrogen) atoms. The van der Waals surface area contributed by atoms with Gasteiger partial charge >= 0.3 is 12.8 Å². The van der Waals surface area contributed by atoms with Crippen LogP contribution in [0.4, 0.5) is 22.0 Å². The molecule has 2 bridgehead atoms. The van der Waals surface area contributed by atoms with Crippen molar-refractivity contribution < 1.29 is 40.1 Å². The molecule has 0 unspecified atom stereocenters. The Morgan fingerprint density at radius 1 is 0.982 bits per heavy atom.